The van der Waals surface area contributed by atoms with Crippen molar-refractivity contribution >= 4 is 23.4 Å². The average Bonchev–Trinajstić information content (AvgIpc) is 2.69. The van der Waals surface area contributed by atoms with E-state index in [1.807, 2.05) is 29.2 Å². The molecule has 142 valence electrons. The maximum atomic E-state index is 12.5. The van der Waals surface area contributed by atoms with E-state index in [4.69, 9.17) is 16.3 Å². The van der Waals surface area contributed by atoms with Gasteiger partial charge in [-0.1, -0.05) is 35.9 Å². The van der Waals surface area contributed by atoms with Gasteiger partial charge in [-0.15, -0.1) is 0 Å². The van der Waals surface area contributed by atoms with Crippen LogP contribution in [0.25, 0.3) is 0 Å². The van der Waals surface area contributed by atoms with E-state index < -0.39 is 0 Å². The maximum absolute atomic E-state index is 12.5. The van der Waals surface area contributed by atoms with Crippen molar-refractivity contribution in [1.29, 1.82) is 0 Å². The largest absolute Gasteiger partial charge is 0.497 e. The number of carbonyl (C=O) groups excluding carboxylic acids is 2. The number of ether oxygens (including phenoxy) is 1. The minimum absolute atomic E-state index is 0.0545. The second kappa shape index (κ2) is 8.91. The van der Waals surface area contributed by atoms with Crippen LogP contribution in [0.15, 0.2) is 48.5 Å². The molecule has 1 heterocycles. The maximum Gasteiger partial charge on any atom is 0.253 e. The molecular formula is C21H23ClN2O3. The topological polar surface area (TPSA) is 58.6 Å². The molecule has 2 aromatic carbocycles. The number of benzene rings is 2. The molecule has 1 aliphatic heterocycles. The van der Waals surface area contributed by atoms with E-state index in [-0.39, 0.29) is 17.9 Å². The molecule has 0 spiro atoms. The van der Waals surface area contributed by atoms with Gasteiger partial charge in [-0.2, -0.15) is 0 Å². The highest BCUT2D eigenvalue weighted by atomic mass is 35.5. The van der Waals surface area contributed by atoms with E-state index in [0.29, 0.717) is 30.1 Å². The van der Waals surface area contributed by atoms with Gasteiger partial charge in [0, 0.05) is 19.1 Å². The number of likely N-dealkylation sites (tertiary alicyclic amines) is 1. The van der Waals surface area contributed by atoms with Crippen LogP contribution in [0.1, 0.15) is 28.8 Å². The van der Waals surface area contributed by atoms with Crippen LogP contribution >= 0.6 is 11.6 Å². The molecule has 27 heavy (non-hydrogen) atoms. The number of halogens is 1. The third kappa shape index (κ3) is 5.01. The van der Waals surface area contributed by atoms with Gasteiger partial charge in [0.2, 0.25) is 5.91 Å². The third-order valence-electron chi connectivity index (χ3n) is 4.82. The van der Waals surface area contributed by atoms with Crippen molar-refractivity contribution in [3.8, 4) is 5.75 Å². The quantitative estimate of drug-likeness (QED) is 0.857. The summed E-state index contributed by atoms with van der Waals surface area (Å²) in [5.74, 6) is 0.723. The molecule has 0 unspecified atom stereocenters. The van der Waals surface area contributed by atoms with Crippen LogP contribution in [0.5, 0.6) is 5.75 Å². The van der Waals surface area contributed by atoms with Gasteiger partial charge in [-0.25, -0.2) is 0 Å². The molecule has 0 saturated carbocycles. The number of nitrogens with one attached hydrogen (secondary N) is 1. The van der Waals surface area contributed by atoms with Crippen LogP contribution in [0.3, 0.4) is 0 Å². The highest BCUT2D eigenvalue weighted by Crippen LogP contribution is 2.18. The van der Waals surface area contributed by atoms with Crippen LogP contribution < -0.4 is 10.1 Å². The van der Waals surface area contributed by atoms with Crippen LogP contribution in [-0.2, 0) is 11.2 Å². The molecule has 1 aliphatic rings. The van der Waals surface area contributed by atoms with Crippen molar-refractivity contribution in [1.82, 2.24) is 10.2 Å². The molecule has 5 nitrogen and oxygen atoms in total. The first-order valence-electron chi connectivity index (χ1n) is 9.03. The molecule has 6 heteroatoms. The van der Waals surface area contributed by atoms with E-state index in [0.717, 1.165) is 24.2 Å². The number of carbonyl (C=O) groups is 2. The predicted molar refractivity (Wildman–Crippen MR) is 105 cm³/mol. The van der Waals surface area contributed by atoms with Gasteiger partial charge in [0.25, 0.3) is 5.91 Å². The Balaban J connectivity index is 1.48. The number of hydrogen-bond donors (Lipinski definition) is 1. The van der Waals surface area contributed by atoms with Crippen molar-refractivity contribution in [3.63, 3.8) is 0 Å². The molecule has 0 atom stereocenters. The van der Waals surface area contributed by atoms with E-state index >= 15 is 0 Å². The fourth-order valence-electron chi connectivity index (χ4n) is 3.21. The lowest BCUT2D eigenvalue weighted by Crippen LogP contribution is -2.47. The Hall–Kier alpha value is -2.53. The number of nitrogens with zero attached hydrogens (tertiary/aromatic N) is 1. The standard InChI is InChI=1S/C21H23ClN2O3/c1-27-17-8-6-15(7-9-17)14-20(25)24-12-10-16(11-13-24)23-21(26)18-4-2-3-5-19(18)22/h2-9,16H,10-14H2,1H3,(H,23,26). The summed E-state index contributed by atoms with van der Waals surface area (Å²) in [7, 11) is 1.62. The van der Waals surface area contributed by atoms with Crippen LogP contribution in [0.2, 0.25) is 5.02 Å². The Morgan fingerprint density at radius 3 is 2.41 bits per heavy atom. The summed E-state index contributed by atoms with van der Waals surface area (Å²) >= 11 is 6.08. The van der Waals surface area contributed by atoms with Crippen molar-refractivity contribution in [2.24, 2.45) is 0 Å². The lowest BCUT2D eigenvalue weighted by Gasteiger charge is -2.32. The van der Waals surface area contributed by atoms with Crippen molar-refractivity contribution in [2.75, 3.05) is 20.2 Å². The van der Waals surface area contributed by atoms with Crippen LogP contribution in [0, 0.1) is 0 Å². The number of hydrogen-bond acceptors (Lipinski definition) is 3. The van der Waals surface area contributed by atoms with Crippen LogP contribution in [-0.4, -0.2) is 43.0 Å². The Labute approximate surface area is 164 Å². The zero-order valence-electron chi connectivity index (χ0n) is 15.3. The normalized spacial score (nSPS) is 14.7. The molecule has 1 saturated heterocycles. The smallest absolute Gasteiger partial charge is 0.253 e. The van der Waals surface area contributed by atoms with E-state index in [1.165, 1.54) is 0 Å². The molecule has 0 aliphatic carbocycles. The molecule has 2 amide bonds. The molecule has 0 radical (unpaired) electrons. The Bertz CT molecular complexity index is 799. The van der Waals surface area contributed by atoms with Crippen LogP contribution in [0.4, 0.5) is 0 Å². The summed E-state index contributed by atoms with van der Waals surface area (Å²) in [6.07, 6.45) is 1.86. The zero-order chi connectivity index (χ0) is 19.2. The minimum Gasteiger partial charge on any atom is -0.497 e. The monoisotopic (exact) mass is 386 g/mol. The highest BCUT2D eigenvalue weighted by molar-refractivity contribution is 6.33. The van der Waals surface area contributed by atoms with E-state index in [9.17, 15) is 9.59 Å². The van der Waals surface area contributed by atoms with Crippen molar-refractivity contribution in [2.45, 2.75) is 25.3 Å². The van der Waals surface area contributed by atoms with Gasteiger partial charge in [-0.05, 0) is 42.7 Å². The Kier molecular flexibility index (Phi) is 6.35. The molecule has 0 bridgehead atoms. The molecular weight excluding hydrogens is 364 g/mol. The average molecular weight is 387 g/mol. The fraction of sp³-hybridized carbons (Fsp3) is 0.333. The second-order valence-corrected chi connectivity index (χ2v) is 7.04. The zero-order valence-corrected chi connectivity index (χ0v) is 16.0. The number of methoxy groups -OCH3 is 1. The van der Waals surface area contributed by atoms with Gasteiger partial charge in [-0.3, -0.25) is 9.59 Å². The molecule has 2 aromatic rings. The predicted octanol–water partition coefficient (Wildman–Crippen LogP) is 3.31. The van der Waals surface area contributed by atoms with Gasteiger partial charge < -0.3 is 15.0 Å². The second-order valence-electron chi connectivity index (χ2n) is 6.63. The summed E-state index contributed by atoms with van der Waals surface area (Å²) < 4.78 is 5.14. The lowest BCUT2D eigenvalue weighted by molar-refractivity contribution is -0.131. The van der Waals surface area contributed by atoms with Gasteiger partial charge in [0.05, 0.1) is 24.1 Å². The summed E-state index contributed by atoms with van der Waals surface area (Å²) in [5, 5.41) is 3.47. The summed E-state index contributed by atoms with van der Waals surface area (Å²) in [6, 6.07) is 14.6. The van der Waals surface area contributed by atoms with Crippen molar-refractivity contribution < 1.29 is 14.3 Å². The Morgan fingerprint density at radius 1 is 1.11 bits per heavy atom. The first kappa shape index (κ1) is 19.2. The number of piperidine rings is 1. The lowest BCUT2D eigenvalue weighted by atomic mass is 10.0. The van der Waals surface area contributed by atoms with Gasteiger partial charge in [0.1, 0.15) is 5.75 Å². The summed E-state index contributed by atoms with van der Waals surface area (Å²) in [5.41, 5.74) is 1.45. The molecule has 1 N–H and O–H groups in total. The number of amides is 2. The van der Waals surface area contributed by atoms with E-state index in [1.54, 1.807) is 31.4 Å². The SMILES string of the molecule is COc1ccc(CC(=O)N2CCC(NC(=O)c3ccccc3Cl)CC2)cc1. The molecule has 1 fully saturated rings. The summed E-state index contributed by atoms with van der Waals surface area (Å²) in [4.78, 5) is 26.7. The first-order valence-corrected chi connectivity index (χ1v) is 9.40. The van der Waals surface area contributed by atoms with Crippen molar-refractivity contribution in [3.05, 3.63) is 64.7 Å². The third-order valence-corrected chi connectivity index (χ3v) is 5.15. The first-order chi connectivity index (χ1) is 13.1. The van der Waals surface area contributed by atoms with Gasteiger partial charge in [0.15, 0.2) is 0 Å². The fourth-order valence-corrected chi connectivity index (χ4v) is 3.43. The molecule has 0 aromatic heterocycles. The molecule has 3 rings (SSSR count). The highest BCUT2D eigenvalue weighted by Gasteiger charge is 2.24. The van der Waals surface area contributed by atoms with Gasteiger partial charge >= 0.3 is 0 Å². The van der Waals surface area contributed by atoms with E-state index in [2.05, 4.69) is 5.32 Å². The Morgan fingerprint density at radius 2 is 1.78 bits per heavy atom. The summed E-state index contributed by atoms with van der Waals surface area (Å²) in [6.45, 7) is 1.28. The number of rotatable bonds is 5. The minimum atomic E-state index is -0.163.